The fourth-order valence-electron chi connectivity index (χ4n) is 1.84. The van der Waals surface area contributed by atoms with Crippen molar-refractivity contribution < 1.29 is 9.90 Å². The topological polar surface area (TPSA) is 53.4 Å². The fourth-order valence-corrected chi connectivity index (χ4v) is 2.82. The van der Waals surface area contributed by atoms with Gasteiger partial charge >= 0.3 is 5.97 Å². The highest BCUT2D eigenvalue weighted by Gasteiger charge is 2.11. The average molecular weight is 276 g/mol. The van der Waals surface area contributed by atoms with E-state index >= 15 is 0 Å². The van der Waals surface area contributed by atoms with Crippen molar-refractivity contribution >= 4 is 22.4 Å². The third-order valence-electron chi connectivity index (χ3n) is 2.71. The van der Waals surface area contributed by atoms with Crippen LogP contribution < -0.4 is 4.90 Å². The SMILES string of the molecule is Cc1nc(N(C)C)sc1-c1cccc(CC(=O)O)c1. The van der Waals surface area contributed by atoms with Gasteiger partial charge in [-0.15, -0.1) is 0 Å². The van der Waals surface area contributed by atoms with Gasteiger partial charge in [-0.05, 0) is 24.1 Å². The van der Waals surface area contributed by atoms with E-state index < -0.39 is 5.97 Å². The molecule has 0 radical (unpaired) electrons. The van der Waals surface area contributed by atoms with Gasteiger partial charge in [0, 0.05) is 14.1 Å². The van der Waals surface area contributed by atoms with Crippen LogP contribution in [0.3, 0.4) is 0 Å². The molecular formula is C14H16N2O2S. The van der Waals surface area contributed by atoms with Crippen molar-refractivity contribution in [2.24, 2.45) is 0 Å². The maximum Gasteiger partial charge on any atom is 0.307 e. The van der Waals surface area contributed by atoms with Gasteiger partial charge in [-0.1, -0.05) is 29.5 Å². The summed E-state index contributed by atoms with van der Waals surface area (Å²) in [6.07, 6.45) is 0.0478. The number of aromatic nitrogens is 1. The Balaban J connectivity index is 2.38. The highest BCUT2D eigenvalue weighted by molar-refractivity contribution is 7.19. The van der Waals surface area contributed by atoms with Gasteiger partial charge in [0.05, 0.1) is 17.0 Å². The smallest absolute Gasteiger partial charge is 0.307 e. The molecule has 100 valence electrons. The van der Waals surface area contributed by atoms with Gasteiger partial charge < -0.3 is 10.0 Å². The van der Waals surface area contributed by atoms with Crippen molar-refractivity contribution in [2.75, 3.05) is 19.0 Å². The van der Waals surface area contributed by atoms with Crippen molar-refractivity contribution in [1.82, 2.24) is 4.98 Å². The van der Waals surface area contributed by atoms with Crippen LogP contribution in [-0.4, -0.2) is 30.2 Å². The van der Waals surface area contributed by atoms with E-state index in [1.54, 1.807) is 11.3 Å². The Bertz CT molecular complexity index is 605. The molecule has 0 saturated heterocycles. The summed E-state index contributed by atoms with van der Waals surface area (Å²) in [5.74, 6) is -0.813. The van der Waals surface area contributed by atoms with Crippen LogP contribution in [0.4, 0.5) is 5.13 Å². The summed E-state index contributed by atoms with van der Waals surface area (Å²) in [5, 5.41) is 9.80. The lowest BCUT2D eigenvalue weighted by Gasteiger charge is -2.05. The molecule has 5 heteroatoms. The van der Waals surface area contributed by atoms with Crippen LogP contribution >= 0.6 is 11.3 Å². The van der Waals surface area contributed by atoms with Gasteiger partial charge in [-0.3, -0.25) is 4.79 Å². The number of hydrogen-bond acceptors (Lipinski definition) is 4. The van der Waals surface area contributed by atoms with Crippen molar-refractivity contribution in [3.63, 3.8) is 0 Å². The maximum atomic E-state index is 10.8. The van der Waals surface area contributed by atoms with E-state index in [-0.39, 0.29) is 6.42 Å². The number of aliphatic carboxylic acids is 1. The van der Waals surface area contributed by atoms with Crippen molar-refractivity contribution in [1.29, 1.82) is 0 Å². The van der Waals surface area contributed by atoms with Crippen LogP contribution in [0.25, 0.3) is 10.4 Å². The number of carbonyl (C=O) groups is 1. The minimum absolute atomic E-state index is 0.0478. The van der Waals surface area contributed by atoms with Crippen molar-refractivity contribution in [3.05, 3.63) is 35.5 Å². The third kappa shape index (κ3) is 3.12. The zero-order chi connectivity index (χ0) is 14.0. The number of carboxylic acids is 1. The summed E-state index contributed by atoms with van der Waals surface area (Å²) in [5.41, 5.74) is 2.81. The molecule has 0 aliphatic heterocycles. The quantitative estimate of drug-likeness (QED) is 0.933. The first-order valence-corrected chi connectivity index (χ1v) is 6.75. The van der Waals surface area contributed by atoms with E-state index in [1.165, 1.54) is 0 Å². The number of rotatable bonds is 4. The zero-order valence-corrected chi connectivity index (χ0v) is 12.0. The summed E-state index contributed by atoms with van der Waals surface area (Å²) < 4.78 is 0. The Hall–Kier alpha value is -1.88. The van der Waals surface area contributed by atoms with Crippen molar-refractivity contribution in [3.8, 4) is 10.4 Å². The normalized spacial score (nSPS) is 10.5. The molecular weight excluding hydrogens is 260 g/mol. The number of aryl methyl sites for hydroxylation is 1. The molecule has 1 N–H and O–H groups in total. The molecule has 1 heterocycles. The lowest BCUT2D eigenvalue weighted by atomic mass is 10.1. The van der Waals surface area contributed by atoms with Gasteiger partial charge in [-0.25, -0.2) is 4.98 Å². The predicted octanol–water partition coefficient (Wildman–Crippen LogP) is 2.81. The molecule has 0 spiro atoms. The monoisotopic (exact) mass is 276 g/mol. The summed E-state index contributed by atoms with van der Waals surface area (Å²) in [6.45, 7) is 1.97. The number of hydrogen-bond donors (Lipinski definition) is 1. The molecule has 0 bridgehead atoms. The third-order valence-corrected chi connectivity index (χ3v) is 4.09. The van der Waals surface area contributed by atoms with Crippen LogP contribution in [0.2, 0.25) is 0 Å². The molecule has 0 aliphatic rings. The van der Waals surface area contributed by atoms with E-state index in [1.807, 2.05) is 50.2 Å². The molecule has 1 aromatic carbocycles. The van der Waals surface area contributed by atoms with E-state index in [9.17, 15) is 4.79 Å². The van der Waals surface area contributed by atoms with Crippen LogP contribution in [0.1, 0.15) is 11.3 Å². The highest BCUT2D eigenvalue weighted by atomic mass is 32.1. The minimum Gasteiger partial charge on any atom is -0.481 e. The van der Waals surface area contributed by atoms with Crippen LogP contribution in [0.15, 0.2) is 24.3 Å². The second kappa shape index (κ2) is 5.40. The maximum absolute atomic E-state index is 10.8. The molecule has 0 fully saturated rings. The van der Waals surface area contributed by atoms with Crippen LogP contribution in [-0.2, 0) is 11.2 Å². The first-order valence-electron chi connectivity index (χ1n) is 5.93. The molecule has 2 aromatic rings. The van der Waals surface area contributed by atoms with Crippen LogP contribution in [0.5, 0.6) is 0 Å². The lowest BCUT2D eigenvalue weighted by molar-refractivity contribution is -0.136. The van der Waals surface area contributed by atoms with Crippen molar-refractivity contribution in [2.45, 2.75) is 13.3 Å². The Morgan fingerprint density at radius 3 is 2.74 bits per heavy atom. The summed E-state index contributed by atoms with van der Waals surface area (Å²) in [6, 6.07) is 7.64. The molecule has 0 atom stereocenters. The molecule has 0 amide bonds. The van der Waals surface area contributed by atoms with Crippen LogP contribution in [0, 0.1) is 6.92 Å². The summed E-state index contributed by atoms with van der Waals surface area (Å²) in [4.78, 5) is 18.3. The van der Waals surface area contributed by atoms with Gasteiger partial charge in [-0.2, -0.15) is 0 Å². The molecule has 19 heavy (non-hydrogen) atoms. The zero-order valence-electron chi connectivity index (χ0n) is 11.2. The van der Waals surface area contributed by atoms with Gasteiger partial charge in [0.15, 0.2) is 5.13 Å². The minimum atomic E-state index is -0.813. The Labute approximate surface area is 116 Å². The average Bonchev–Trinajstić information content (AvgIpc) is 2.71. The Morgan fingerprint density at radius 1 is 1.42 bits per heavy atom. The standard InChI is InChI=1S/C14H16N2O2S/c1-9-13(19-14(15-9)16(2)3)11-6-4-5-10(7-11)8-12(17)18/h4-7H,8H2,1-3H3,(H,17,18). The molecule has 1 aromatic heterocycles. The molecule has 0 aliphatic carbocycles. The number of carboxylic acid groups (broad SMARTS) is 1. The first kappa shape index (κ1) is 13.5. The summed E-state index contributed by atoms with van der Waals surface area (Å²) >= 11 is 1.62. The second-order valence-corrected chi connectivity index (χ2v) is 5.55. The van der Waals surface area contributed by atoms with E-state index in [4.69, 9.17) is 5.11 Å². The van der Waals surface area contributed by atoms with E-state index in [0.29, 0.717) is 0 Å². The number of nitrogens with zero attached hydrogens (tertiary/aromatic N) is 2. The molecule has 0 unspecified atom stereocenters. The number of anilines is 1. The first-order chi connectivity index (χ1) is 8.97. The molecule has 0 saturated carbocycles. The van der Waals surface area contributed by atoms with Gasteiger partial charge in [0.1, 0.15) is 0 Å². The largest absolute Gasteiger partial charge is 0.481 e. The highest BCUT2D eigenvalue weighted by Crippen LogP contribution is 2.34. The lowest BCUT2D eigenvalue weighted by Crippen LogP contribution is -2.07. The fraction of sp³-hybridized carbons (Fsp3) is 0.286. The second-order valence-electron chi connectivity index (χ2n) is 4.58. The van der Waals surface area contributed by atoms with Gasteiger partial charge in [0.2, 0.25) is 0 Å². The predicted molar refractivity (Wildman–Crippen MR) is 78.0 cm³/mol. The van der Waals surface area contributed by atoms with E-state index in [0.717, 1.165) is 26.8 Å². The Morgan fingerprint density at radius 2 is 2.16 bits per heavy atom. The van der Waals surface area contributed by atoms with E-state index in [2.05, 4.69) is 4.98 Å². The summed E-state index contributed by atoms with van der Waals surface area (Å²) in [7, 11) is 3.92. The molecule has 2 rings (SSSR count). The number of benzene rings is 1. The Kier molecular flexibility index (Phi) is 3.85. The van der Waals surface area contributed by atoms with Gasteiger partial charge in [0.25, 0.3) is 0 Å². The number of thiazole rings is 1. The molecule has 4 nitrogen and oxygen atoms in total.